The average Bonchev–Trinajstić information content (AvgIpc) is 2.12. The predicted octanol–water partition coefficient (Wildman–Crippen LogP) is 1.82. The molecule has 0 aliphatic rings. The fraction of sp³-hybridized carbons (Fsp3) is 1.00. The van der Waals surface area contributed by atoms with Gasteiger partial charge in [0.15, 0.2) is 0 Å². The third kappa shape index (κ3) is 4.96. The van der Waals surface area contributed by atoms with Crippen LogP contribution in [0.1, 0.15) is 41.0 Å². The van der Waals surface area contributed by atoms with Crippen LogP contribution in [-0.4, -0.2) is 35.6 Å². The highest BCUT2D eigenvalue weighted by molar-refractivity contribution is 4.85. The Bertz CT molecular complexity index is 163. The van der Waals surface area contributed by atoms with Gasteiger partial charge in [0.1, 0.15) is 0 Å². The third-order valence-corrected chi connectivity index (χ3v) is 2.74. The van der Waals surface area contributed by atoms with E-state index < -0.39 is 12.2 Å². The minimum absolute atomic E-state index is 0.119. The molecule has 3 unspecified atom stereocenters. The molecular weight excluding hydrogens is 192 g/mol. The van der Waals surface area contributed by atoms with Gasteiger partial charge in [-0.15, -0.1) is 0 Å². The van der Waals surface area contributed by atoms with E-state index in [1.165, 1.54) is 0 Å². The fourth-order valence-corrected chi connectivity index (χ4v) is 2.01. The first-order valence-corrected chi connectivity index (χ1v) is 5.78. The minimum Gasteiger partial charge on any atom is -0.393 e. The van der Waals surface area contributed by atoms with Gasteiger partial charge in [0.2, 0.25) is 0 Å². The molecule has 15 heavy (non-hydrogen) atoms. The topological polar surface area (TPSA) is 49.7 Å². The highest BCUT2D eigenvalue weighted by Gasteiger charge is 2.36. The summed E-state index contributed by atoms with van der Waals surface area (Å²) in [6, 6.07) is 0. The zero-order chi connectivity index (χ0) is 12.1. The van der Waals surface area contributed by atoms with Crippen molar-refractivity contribution >= 4 is 0 Å². The maximum absolute atomic E-state index is 9.99. The Kier molecular flexibility index (Phi) is 6.41. The molecule has 0 saturated heterocycles. The monoisotopic (exact) mass is 218 g/mol. The normalized spacial score (nSPS) is 18.6. The lowest BCUT2D eigenvalue weighted by atomic mass is 9.73. The Morgan fingerprint density at radius 1 is 1.07 bits per heavy atom. The molecule has 3 heteroatoms. The second kappa shape index (κ2) is 6.46. The summed E-state index contributed by atoms with van der Waals surface area (Å²) < 4.78 is 5.20. The van der Waals surface area contributed by atoms with Crippen LogP contribution in [-0.2, 0) is 4.74 Å². The number of hydrogen-bond donors (Lipinski definition) is 2. The smallest absolute Gasteiger partial charge is 0.0831 e. The SMILES string of the molecule is CCOCC(O)C(C(O)CC)C(C)(C)C. The van der Waals surface area contributed by atoms with E-state index in [1.54, 1.807) is 0 Å². The first-order valence-electron chi connectivity index (χ1n) is 5.78. The van der Waals surface area contributed by atoms with Crippen LogP contribution in [0, 0.1) is 11.3 Å². The Hall–Kier alpha value is -0.120. The third-order valence-electron chi connectivity index (χ3n) is 2.74. The van der Waals surface area contributed by atoms with Crippen LogP contribution in [0.25, 0.3) is 0 Å². The molecule has 0 rings (SSSR count). The van der Waals surface area contributed by atoms with Crippen molar-refractivity contribution in [2.45, 2.75) is 53.2 Å². The largest absolute Gasteiger partial charge is 0.393 e. The van der Waals surface area contributed by atoms with Gasteiger partial charge in [0.25, 0.3) is 0 Å². The Balaban J connectivity index is 4.48. The molecule has 0 aromatic carbocycles. The maximum Gasteiger partial charge on any atom is 0.0831 e. The van der Waals surface area contributed by atoms with Gasteiger partial charge in [-0.05, 0) is 18.8 Å². The van der Waals surface area contributed by atoms with Crippen molar-refractivity contribution in [2.75, 3.05) is 13.2 Å². The first kappa shape index (κ1) is 14.9. The highest BCUT2D eigenvalue weighted by Crippen LogP contribution is 2.33. The van der Waals surface area contributed by atoms with Crippen molar-refractivity contribution in [2.24, 2.45) is 11.3 Å². The summed E-state index contributed by atoms with van der Waals surface area (Å²) in [5, 5.41) is 19.9. The Labute approximate surface area is 93.5 Å². The van der Waals surface area contributed by atoms with Gasteiger partial charge in [-0.25, -0.2) is 0 Å². The maximum atomic E-state index is 9.99. The summed E-state index contributed by atoms with van der Waals surface area (Å²) in [5.74, 6) is -0.144. The quantitative estimate of drug-likeness (QED) is 0.715. The van der Waals surface area contributed by atoms with Crippen LogP contribution in [0.4, 0.5) is 0 Å². The van der Waals surface area contributed by atoms with Gasteiger partial charge in [-0.3, -0.25) is 0 Å². The molecule has 0 spiro atoms. The lowest BCUT2D eigenvalue weighted by Crippen LogP contribution is -2.43. The van der Waals surface area contributed by atoms with Crippen LogP contribution in [0.5, 0.6) is 0 Å². The second-order valence-electron chi connectivity index (χ2n) is 5.09. The van der Waals surface area contributed by atoms with Crippen molar-refractivity contribution in [3.05, 3.63) is 0 Å². The molecule has 92 valence electrons. The van der Waals surface area contributed by atoms with E-state index in [9.17, 15) is 10.2 Å². The molecule has 0 aromatic heterocycles. The summed E-state index contributed by atoms with van der Waals surface area (Å²) in [6.07, 6.45) is -0.411. The molecule has 3 atom stereocenters. The average molecular weight is 218 g/mol. The molecule has 0 bridgehead atoms. The van der Waals surface area contributed by atoms with Gasteiger partial charge >= 0.3 is 0 Å². The molecule has 0 amide bonds. The summed E-state index contributed by atoms with van der Waals surface area (Å²) in [4.78, 5) is 0. The van der Waals surface area contributed by atoms with Gasteiger partial charge in [0, 0.05) is 12.5 Å². The Morgan fingerprint density at radius 3 is 1.93 bits per heavy atom. The van der Waals surface area contributed by atoms with E-state index in [0.717, 1.165) is 0 Å². The van der Waals surface area contributed by atoms with E-state index >= 15 is 0 Å². The minimum atomic E-state index is -0.597. The number of ether oxygens (including phenoxy) is 1. The number of rotatable bonds is 6. The number of aliphatic hydroxyl groups is 2. The molecule has 0 aromatic rings. The van der Waals surface area contributed by atoms with E-state index in [4.69, 9.17) is 4.74 Å². The molecule has 0 fully saturated rings. The zero-order valence-corrected chi connectivity index (χ0v) is 10.7. The lowest BCUT2D eigenvalue weighted by molar-refractivity contribution is -0.0767. The number of aliphatic hydroxyl groups excluding tert-OH is 2. The van der Waals surface area contributed by atoms with Crippen molar-refractivity contribution in [1.29, 1.82) is 0 Å². The molecule has 0 aliphatic heterocycles. The van der Waals surface area contributed by atoms with Crippen molar-refractivity contribution in [3.63, 3.8) is 0 Å². The molecule has 0 radical (unpaired) electrons. The molecule has 0 heterocycles. The first-order chi connectivity index (χ1) is 6.84. The van der Waals surface area contributed by atoms with Crippen molar-refractivity contribution in [3.8, 4) is 0 Å². The van der Waals surface area contributed by atoms with Crippen molar-refractivity contribution in [1.82, 2.24) is 0 Å². The van der Waals surface area contributed by atoms with E-state index in [1.807, 2.05) is 34.6 Å². The van der Waals surface area contributed by atoms with Gasteiger partial charge in [-0.2, -0.15) is 0 Å². The van der Waals surface area contributed by atoms with Crippen LogP contribution >= 0.6 is 0 Å². The second-order valence-corrected chi connectivity index (χ2v) is 5.09. The fourth-order valence-electron chi connectivity index (χ4n) is 2.01. The summed E-state index contributed by atoms with van der Waals surface area (Å²) in [7, 11) is 0. The predicted molar refractivity (Wildman–Crippen MR) is 61.7 cm³/mol. The molecule has 3 nitrogen and oxygen atoms in total. The summed E-state index contributed by atoms with van der Waals surface area (Å²) in [5.41, 5.74) is -0.119. The van der Waals surface area contributed by atoms with Gasteiger partial charge in [0.05, 0.1) is 18.8 Å². The van der Waals surface area contributed by atoms with Crippen LogP contribution in [0.3, 0.4) is 0 Å². The molecule has 0 saturated carbocycles. The highest BCUT2D eigenvalue weighted by atomic mass is 16.5. The zero-order valence-electron chi connectivity index (χ0n) is 10.7. The van der Waals surface area contributed by atoms with Gasteiger partial charge < -0.3 is 14.9 Å². The van der Waals surface area contributed by atoms with E-state index in [0.29, 0.717) is 19.6 Å². The van der Waals surface area contributed by atoms with E-state index in [-0.39, 0.29) is 11.3 Å². The standard InChI is InChI=1S/C12H26O3/c1-6-9(13)11(12(3,4)5)10(14)8-15-7-2/h9-11,13-14H,6-8H2,1-5H3. The lowest BCUT2D eigenvalue weighted by Gasteiger charge is -2.37. The molecular formula is C12H26O3. The number of hydrogen-bond acceptors (Lipinski definition) is 3. The summed E-state index contributed by atoms with van der Waals surface area (Å²) >= 11 is 0. The van der Waals surface area contributed by atoms with Crippen LogP contribution in [0.2, 0.25) is 0 Å². The molecule has 2 N–H and O–H groups in total. The van der Waals surface area contributed by atoms with Crippen LogP contribution < -0.4 is 0 Å². The van der Waals surface area contributed by atoms with Crippen LogP contribution in [0.15, 0.2) is 0 Å². The van der Waals surface area contributed by atoms with Gasteiger partial charge in [-0.1, -0.05) is 27.7 Å². The molecule has 0 aliphatic carbocycles. The van der Waals surface area contributed by atoms with Crippen molar-refractivity contribution < 1.29 is 14.9 Å². The Morgan fingerprint density at radius 2 is 1.60 bits per heavy atom. The summed E-state index contributed by atoms with van der Waals surface area (Å²) in [6.45, 7) is 10.8. The van der Waals surface area contributed by atoms with E-state index in [2.05, 4.69) is 0 Å².